The number of benzene rings is 1. The van der Waals surface area contributed by atoms with Crippen LogP contribution in [-0.2, 0) is 24.3 Å². The normalized spacial score (nSPS) is 15.7. The molecule has 0 aromatic heterocycles. The van der Waals surface area contributed by atoms with Gasteiger partial charge in [0.1, 0.15) is 0 Å². The van der Waals surface area contributed by atoms with E-state index in [9.17, 15) is 18.0 Å². The molecule has 0 aliphatic carbocycles. The summed E-state index contributed by atoms with van der Waals surface area (Å²) in [5, 5.41) is 2.77. The second kappa shape index (κ2) is 11.6. The second-order valence-electron chi connectivity index (χ2n) is 8.15. The average molecular weight is 454 g/mol. The molecule has 9 heteroatoms. The Hall–Kier alpha value is -1.97. The number of esters is 1. The number of sulfonamides is 1. The van der Waals surface area contributed by atoms with Crippen molar-refractivity contribution in [3.05, 3.63) is 23.8 Å². The molecule has 1 aromatic rings. The molecule has 1 aliphatic heterocycles. The van der Waals surface area contributed by atoms with E-state index in [1.165, 1.54) is 6.07 Å². The molecule has 0 unspecified atom stereocenters. The molecule has 1 amide bonds. The minimum absolute atomic E-state index is 0.00142. The number of nitrogens with one attached hydrogen (secondary N) is 1. The van der Waals surface area contributed by atoms with Gasteiger partial charge in [-0.15, -0.1) is 0 Å². The van der Waals surface area contributed by atoms with E-state index in [2.05, 4.69) is 5.32 Å². The molecule has 31 heavy (non-hydrogen) atoms. The average Bonchev–Trinajstić information content (AvgIpc) is 2.99. The molecule has 1 saturated heterocycles. The number of carbonyl (C=O) groups is 2. The largest absolute Gasteiger partial charge is 0.465 e. The molecule has 1 fully saturated rings. The quantitative estimate of drug-likeness (QED) is 0.578. The van der Waals surface area contributed by atoms with Gasteiger partial charge in [-0.05, 0) is 58.2 Å². The molecule has 8 nitrogen and oxygen atoms in total. The van der Waals surface area contributed by atoms with E-state index in [0.717, 1.165) is 25.7 Å². The predicted octanol–water partition coefficient (Wildman–Crippen LogP) is 2.77. The highest BCUT2D eigenvalue weighted by Crippen LogP contribution is 2.25. The first-order valence-corrected chi connectivity index (χ1v) is 12.4. The first-order valence-electron chi connectivity index (χ1n) is 11.0. The van der Waals surface area contributed by atoms with Crippen LogP contribution in [0.15, 0.2) is 23.1 Å². The molecule has 0 bridgehead atoms. The van der Waals surface area contributed by atoms with E-state index in [0.29, 0.717) is 24.3 Å². The fraction of sp³-hybridized carbons (Fsp3) is 0.636. The van der Waals surface area contributed by atoms with E-state index in [4.69, 9.17) is 4.74 Å². The van der Waals surface area contributed by atoms with E-state index < -0.39 is 10.0 Å². The molecule has 174 valence electrons. The highest BCUT2D eigenvalue weighted by Gasteiger charge is 2.27. The number of amides is 1. The Morgan fingerprint density at radius 1 is 1.13 bits per heavy atom. The topological polar surface area (TPSA) is 96.0 Å². The van der Waals surface area contributed by atoms with Crippen LogP contribution in [0.4, 0.5) is 5.69 Å². The summed E-state index contributed by atoms with van der Waals surface area (Å²) in [7, 11) is -3.62. The van der Waals surface area contributed by atoms with Crippen LogP contribution >= 0.6 is 0 Å². The van der Waals surface area contributed by atoms with Crippen molar-refractivity contribution in [2.24, 2.45) is 0 Å². The SMILES string of the molecule is CCOC(=O)CN(CC(=O)Nc1ccc(C)c(S(=O)(=O)N2CCCCCC2)c1)C(C)C. The van der Waals surface area contributed by atoms with Crippen molar-refractivity contribution in [3.63, 3.8) is 0 Å². The summed E-state index contributed by atoms with van der Waals surface area (Å²) < 4.78 is 32.9. The molecule has 2 rings (SSSR count). The number of aryl methyl sites for hydroxylation is 1. The fourth-order valence-corrected chi connectivity index (χ4v) is 5.32. The third-order valence-corrected chi connectivity index (χ3v) is 7.41. The third kappa shape index (κ3) is 7.29. The van der Waals surface area contributed by atoms with Crippen LogP contribution in [0.25, 0.3) is 0 Å². The van der Waals surface area contributed by atoms with E-state index in [1.807, 2.05) is 13.8 Å². The lowest BCUT2D eigenvalue weighted by Crippen LogP contribution is -2.41. The number of ether oxygens (including phenoxy) is 1. The molecule has 0 spiro atoms. The van der Waals surface area contributed by atoms with Crippen molar-refractivity contribution in [3.8, 4) is 0 Å². The van der Waals surface area contributed by atoms with Crippen molar-refractivity contribution in [2.75, 3.05) is 38.1 Å². The van der Waals surface area contributed by atoms with Crippen LogP contribution < -0.4 is 5.32 Å². The van der Waals surface area contributed by atoms with Crippen LogP contribution in [0.5, 0.6) is 0 Å². The van der Waals surface area contributed by atoms with Gasteiger partial charge in [0.25, 0.3) is 0 Å². The number of carbonyl (C=O) groups excluding carboxylic acids is 2. The molecular weight excluding hydrogens is 418 g/mol. The second-order valence-corrected chi connectivity index (χ2v) is 10.1. The Labute approximate surface area is 186 Å². The van der Waals surface area contributed by atoms with E-state index >= 15 is 0 Å². The molecule has 1 N–H and O–H groups in total. The minimum atomic E-state index is -3.62. The van der Waals surface area contributed by atoms with Gasteiger partial charge < -0.3 is 10.1 Å². The molecular formula is C22H35N3O5S. The predicted molar refractivity (Wildman–Crippen MR) is 120 cm³/mol. The Kier molecular flexibility index (Phi) is 9.46. The maximum Gasteiger partial charge on any atom is 0.320 e. The Bertz CT molecular complexity index is 862. The molecule has 0 radical (unpaired) electrons. The number of nitrogens with zero attached hydrogens (tertiary/aromatic N) is 2. The summed E-state index contributed by atoms with van der Waals surface area (Å²) in [4.78, 5) is 26.3. The van der Waals surface area contributed by atoms with Gasteiger partial charge in [-0.3, -0.25) is 14.5 Å². The fourth-order valence-electron chi connectivity index (χ4n) is 3.56. The summed E-state index contributed by atoms with van der Waals surface area (Å²) >= 11 is 0. The monoisotopic (exact) mass is 453 g/mol. The van der Waals surface area contributed by atoms with Crippen LogP contribution in [0, 0.1) is 6.92 Å². The Morgan fingerprint density at radius 3 is 2.35 bits per heavy atom. The summed E-state index contributed by atoms with van der Waals surface area (Å²) in [5.41, 5.74) is 1.07. The molecule has 1 aliphatic rings. The molecule has 0 saturated carbocycles. The van der Waals surface area contributed by atoms with Crippen LogP contribution in [-0.4, -0.2) is 68.3 Å². The lowest BCUT2D eigenvalue weighted by atomic mass is 10.2. The molecule has 0 atom stereocenters. The zero-order valence-corrected chi connectivity index (χ0v) is 19.8. The number of hydrogen-bond donors (Lipinski definition) is 1. The summed E-state index contributed by atoms with van der Waals surface area (Å²) in [6.45, 7) is 8.63. The lowest BCUT2D eigenvalue weighted by molar-refractivity contribution is -0.145. The van der Waals surface area contributed by atoms with Crippen molar-refractivity contribution >= 4 is 27.6 Å². The lowest BCUT2D eigenvalue weighted by Gasteiger charge is -2.25. The van der Waals surface area contributed by atoms with Gasteiger partial charge in [0, 0.05) is 24.8 Å². The van der Waals surface area contributed by atoms with Gasteiger partial charge in [0.05, 0.1) is 24.6 Å². The highest BCUT2D eigenvalue weighted by atomic mass is 32.2. The van der Waals surface area contributed by atoms with Crippen molar-refractivity contribution < 1.29 is 22.7 Å². The van der Waals surface area contributed by atoms with Gasteiger partial charge in [-0.2, -0.15) is 4.31 Å². The molecule has 1 aromatic carbocycles. The Morgan fingerprint density at radius 2 is 1.77 bits per heavy atom. The van der Waals surface area contributed by atoms with E-state index in [-0.39, 0.29) is 42.5 Å². The first kappa shape index (κ1) is 25.3. The maximum absolute atomic E-state index is 13.2. The number of hydrogen-bond acceptors (Lipinski definition) is 6. The number of anilines is 1. The van der Waals surface area contributed by atoms with Crippen molar-refractivity contribution in [1.29, 1.82) is 0 Å². The number of rotatable bonds is 9. The smallest absolute Gasteiger partial charge is 0.320 e. The summed E-state index contributed by atoms with van der Waals surface area (Å²) in [5.74, 6) is -0.704. The third-order valence-electron chi connectivity index (χ3n) is 5.37. The van der Waals surface area contributed by atoms with Gasteiger partial charge >= 0.3 is 5.97 Å². The minimum Gasteiger partial charge on any atom is -0.465 e. The standard InChI is InChI=1S/C22H35N3O5S/c1-5-30-22(27)16-24(17(2)3)15-21(26)23-19-11-10-18(4)20(14-19)31(28,29)25-12-8-6-7-9-13-25/h10-11,14,17H,5-9,12-13,15-16H2,1-4H3,(H,23,26). The zero-order chi connectivity index (χ0) is 23.0. The molecule has 1 heterocycles. The van der Waals surface area contributed by atoms with Crippen LogP contribution in [0.1, 0.15) is 52.0 Å². The van der Waals surface area contributed by atoms with Crippen molar-refractivity contribution in [1.82, 2.24) is 9.21 Å². The van der Waals surface area contributed by atoms with Crippen molar-refractivity contribution in [2.45, 2.75) is 64.3 Å². The zero-order valence-electron chi connectivity index (χ0n) is 19.0. The Balaban J connectivity index is 2.13. The van der Waals surface area contributed by atoms with Crippen LogP contribution in [0.2, 0.25) is 0 Å². The maximum atomic E-state index is 13.2. The highest BCUT2D eigenvalue weighted by molar-refractivity contribution is 7.89. The summed E-state index contributed by atoms with van der Waals surface area (Å²) in [6, 6.07) is 4.89. The van der Waals surface area contributed by atoms with Gasteiger partial charge in [-0.1, -0.05) is 18.9 Å². The van der Waals surface area contributed by atoms with E-state index in [1.54, 1.807) is 35.2 Å². The van der Waals surface area contributed by atoms with Gasteiger partial charge in [0.15, 0.2) is 0 Å². The van der Waals surface area contributed by atoms with Gasteiger partial charge in [0.2, 0.25) is 15.9 Å². The first-order chi connectivity index (χ1) is 14.6. The van der Waals surface area contributed by atoms with Crippen LogP contribution in [0.3, 0.4) is 0 Å². The van der Waals surface area contributed by atoms with Gasteiger partial charge in [-0.25, -0.2) is 8.42 Å². The summed E-state index contributed by atoms with van der Waals surface area (Å²) in [6.07, 6.45) is 3.80.